The van der Waals surface area contributed by atoms with Crippen molar-refractivity contribution in [1.29, 1.82) is 0 Å². The Balaban J connectivity index is 1.55. The number of fused-ring (bicyclic) bond motifs is 1. The van der Waals surface area contributed by atoms with E-state index in [-0.39, 0.29) is 24.9 Å². The maximum absolute atomic E-state index is 14.0. The zero-order valence-corrected chi connectivity index (χ0v) is 21.6. The van der Waals surface area contributed by atoms with Gasteiger partial charge in [-0.3, -0.25) is 19.2 Å². The molecule has 1 atom stereocenters. The van der Waals surface area contributed by atoms with Gasteiger partial charge in [-0.15, -0.1) is 0 Å². The quantitative estimate of drug-likeness (QED) is 0.381. The summed E-state index contributed by atoms with van der Waals surface area (Å²) in [6, 6.07) is 24.3. The van der Waals surface area contributed by atoms with Gasteiger partial charge in [0, 0.05) is 28.4 Å². The van der Waals surface area contributed by atoms with Crippen LogP contribution in [0.15, 0.2) is 78.9 Å². The molecule has 4 aromatic rings. The molecule has 0 saturated carbocycles. The second-order valence-electron chi connectivity index (χ2n) is 9.28. The Bertz CT molecular complexity index is 1480. The van der Waals surface area contributed by atoms with Crippen molar-refractivity contribution in [3.63, 3.8) is 0 Å². The summed E-state index contributed by atoms with van der Waals surface area (Å²) < 4.78 is 7.05. The van der Waals surface area contributed by atoms with E-state index in [0.29, 0.717) is 27.8 Å². The van der Waals surface area contributed by atoms with Gasteiger partial charge < -0.3 is 10.1 Å². The normalized spacial score (nSPS) is 16.9. The molecule has 3 aromatic carbocycles. The molecule has 7 nitrogen and oxygen atoms in total. The molecule has 5 rings (SSSR count). The van der Waals surface area contributed by atoms with Gasteiger partial charge >= 0.3 is 0 Å². The van der Waals surface area contributed by atoms with Crippen molar-refractivity contribution in [2.24, 2.45) is 0 Å². The van der Waals surface area contributed by atoms with Crippen LogP contribution in [0.1, 0.15) is 28.5 Å². The number of aromatic nitrogens is 2. The zero-order valence-electron chi connectivity index (χ0n) is 20.9. The van der Waals surface area contributed by atoms with E-state index in [9.17, 15) is 9.59 Å². The van der Waals surface area contributed by atoms with Crippen LogP contribution in [0.2, 0.25) is 5.02 Å². The average molecular weight is 515 g/mol. The van der Waals surface area contributed by atoms with Crippen LogP contribution in [0.4, 0.5) is 5.69 Å². The maximum Gasteiger partial charge on any atom is 0.277 e. The molecule has 0 radical (unpaired) electrons. The minimum absolute atomic E-state index is 0.171. The molecule has 1 aromatic heterocycles. The highest BCUT2D eigenvalue weighted by Gasteiger charge is 2.49. The smallest absolute Gasteiger partial charge is 0.277 e. The van der Waals surface area contributed by atoms with Crippen molar-refractivity contribution in [3.8, 4) is 17.0 Å². The number of ether oxygens (including phenoxy) is 1. The number of methoxy groups -OCH3 is 1. The third kappa shape index (κ3) is 4.47. The number of halogens is 1. The van der Waals surface area contributed by atoms with E-state index >= 15 is 0 Å². The van der Waals surface area contributed by atoms with Crippen molar-refractivity contribution in [1.82, 2.24) is 15.1 Å². The van der Waals surface area contributed by atoms with Gasteiger partial charge in [-0.25, -0.2) is 0 Å². The first-order valence-electron chi connectivity index (χ1n) is 12.0. The van der Waals surface area contributed by atoms with Gasteiger partial charge in [0.1, 0.15) is 17.0 Å². The molecule has 2 amide bonds. The van der Waals surface area contributed by atoms with Crippen LogP contribution in [0.3, 0.4) is 0 Å². The number of amides is 2. The van der Waals surface area contributed by atoms with Crippen LogP contribution in [0.5, 0.6) is 5.75 Å². The van der Waals surface area contributed by atoms with Gasteiger partial charge in [0.05, 0.1) is 19.3 Å². The fourth-order valence-corrected chi connectivity index (χ4v) is 4.85. The Morgan fingerprint density at radius 1 is 1.08 bits per heavy atom. The van der Waals surface area contributed by atoms with Gasteiger partial charge in [-0.2, -0.15) is 5.10 Å². The molecule has 0 saturated heterocycles. The highest BCUT2D eigenvalue weighted by atomic mass is 35.5. The van der Waals surface area contributed by atoms with E-state index in [0.717, 1.165) is 16.7 Å². The molecule has 0 aliphatic carbocycles. The summed E-state index contributed by atoms with van der Waals surface area (Å²) in [5.74, 6) is 0.0402. The van der Waals surface area contributed by atoms with Crippen LogP contribution < -0.4 is 15.0 Å². The second-order valence-corrected chi connectivity index (χ2v) is 9.69. The molecule has 2 heterocycles. The number of para-hydroxylation sites is 1. The SMILES string of the molecule is COc1ccccc1CNC(=O)[C@]1(C)Cn2nc(-c3ccccc3)cc2C(=O)N1c1ccc(C)c(Cl)c1. The van der Waals surface area contributed by atoms with Crippen molar-refractivity contribution in [2.75, 3.05) is 12.0 Å². The third-order valence-electron chi connectivity index (χ3n) is 6.76. The van der Waals surface area contributed by atoms with E-state index in [1.807, 2.05) is 73.7 Å². The summed E-state index contributed by atoms with van der Waals surface area (Å²) in [6.07, 6.45) is 0. The molecule has 1 aliphatic rings. The van der Waals surface area contributed by atoms with Crippen LogP contribution in [0.25, 0.3) is 11.3 Å². The monoisotopic (exact) mass is 514 g/mol. The lowest BCUT2D eigenvalue weighted by molar-refractivity contribution is -0.126. The van der Waals surface area contributed by atoms with Gasteiger partial charge in [-0.1, -0.05) is 66.2 Å². The van der Waals surface area contributed by atoms with Crippen molar-refractivity contribution >= 4 is 29.1 Å². The first-order chi connectivity index (χ1) is 17.8. The van der Waals surface area contributed by atoms with E-state index in [4.69, 9.17) is 21.4 Å². The number of carbonyl (C=O) groups is 2. The van der Waals surface area contributed by atoms with E-state index < -0.39 is 5.54 Å². The number of carbonyl (C=O) groups excluding carboxylic acids is 2. The predicted octanol–water partition coefficient (Wildman–Crippen LogP) is 5.26. The van der Waals surface area contributed by atoms with Crippen molar-refractivity contribution < 1.29 is 14.3 Å². The lowest BCUT2D eigenvalue weighted by Crippen LogP contribution is -2.64. The highest BCUT2D eigenvalue weighted by Crippen LogP contribution is 2.36. The predicted molar refractivity (Wildman–Crippen MR) is 144 cm³/mol. The summed E-state index contributed by atoms with van der Waals surface area (Å²) in [6.45, 7) is 4.06. The fraction of sp³-hybridized carbons (Fsp3) is 0.207. The number of hydrogen-bond donors (Lipinski definition) is 1. The number of nitrogens with one attached hydrogen (secondary N) is 1. The standard InChI is InChI=1S/C29H27ClN4O3/c1-19-13-14-22(15-23(19)30)34-27(35)25-16-24(20-9-5-4-6-10-20)32-33(25)18-29(34,2)28(36)31-17-21-11-7-8-12-26(21)37-3/h4-16H,17-18H2,1-3H3,(H,31,36)/t29-/m0/s1. The Hall–Kier alpha value is -4.10. The van der Waals surface area contributed by atoms with Gasteiger partial charge in [0.2, 0.25) is 5.91 Å². The number of anilines is 1. The largest absolute Gasteiger partial charge is 0.496 e. The highest BCUT2D eigenvalue weighted by molar-refractivity contribution is 6.31. The van der Waals surface area contributed by atoms with E-state index in [2.05, 4.69) is 5.32 Å². The third-order valence-corrected chi connectivity index (χ3v) is 7.16. The molecule has 0 fully saturated rings. The lowest BCUT2D eigenvalue weighted by atomic mass is 9.93. The maximum atomic E-state index is 14.0. The Morgan fingerprint density at radius 3 is 2.54 bits per heavy atom. The summed E-state index contributed by atoms with van der Waals surface area (Å²) in [5.41, 5.74) is 2.96. The number of aryl methyl sites for hydroxylation is 1. The Labute approximate surface area is 220 Å². The van der Waals surface area contributed by atoms with Crippen LogP contribution in [-0.2, 0) is 17.9 Å². The molecule has 8 heteroatoms. The molecule has 1 aliphatic heterocycles. The molecule has 1 N–H and O–H groups in total. The van der Waals surface area contributed by atoms with Gasteiger partial charge in [0.15, 0.2) is 0 Å². The molecule has 37 heavy (non-hydrogen) atoms. The molecule has 0 bridgehead atoms. The minimum Gasteiger partial charge on any atom is -0.496 e. The first-order valence-corrected chi connectivity index (χ1v) is 12.3. The van der Waals surface area contributed by atoms with Crippen LogP contribution >= 0.6 is 11.6 Å². The van der Waals surface area contributed by atoms with Crippen LogP contribution in [-0.4, -0.2) is 34.2 Å². The summed E-state index contributed by atoms with van der Waals surface area (Å²) in [4.78, 5) is 29.3. The number of hydrogen-bond acceptors (Lipinski definition) is 4. The van der Waals surface area contributed by atoms with Gasteiger partial charge in [0.25, 0.3) is 5.91 Å². The molecule has 188 valence electrons. The molecular weight excluding hydrogens is 488 g/mol. The zero-order chi connectivity index (χ0) is 26.2. The van der Waals surface area contributed by atoms with Crippen LogP contribution in [0, 0.1) is 6.92 Å². The number of nitrogens with zero attached hydrogens (tertiary/aromatic N) is 3. The molecule has 0 unspecified atom stereocenters. The lowest BCUT2D eigenvalue weighted by Gasteiger charge is -2.43. The summed E-state index contributed by atoms with van der Waals surface area (Å²) in [5, 5.41) is 8.23. The molecular formula is C29H27ClN4O3. The molecule has 0 spiro atoms. The Kier molecular flexibility index (Phi) is 6.48. The summed E-state index contributed by atoms with van der Waals surface area (Å²) in [7, 11) is 1.59. The Morgan fingerprint density at radius 2 is 1.81 bits per heavy atom. The van der Waals surface area contributed by atoms with Crippen molar-refractivity contribution in [2.45, 2.75) is 32.5 Å². The summed E-state index contributed by atoms with van der Waals surface area (Å²) >= 11 is 6.44. The first kappa shape index (κ1) is 24.6. The number of rotatable bonds is 6. The van der Waals surface area contributed by atoms with Gasteiger partial charge in [-0.05, 0) is 43.7 Å². The van der Waals surface area contributed by atoms with Crippen molar-refractivity contribution in [3.05, 3.63) is 101 Å². The topological polar surface area (TPSA) is 76.5 Å². The second kappa shape index (κ2) is 9.75. The minimum atomic E-state index is -1.27. The van der Waals surface area contributed by atoms with E-state index in [1.165, 1.54) is 4.90 Å². The fourth-order valence-electron chi connectivity index (χ4n) is 4.67. The average Bonchev–Trinajstić information content (AvgIpc) is 3.34. The number of benzene rings is 3. The van der Waals surface area contributed by atoms with E-state index in [1.54, 1.807) is 30.8 Å².